The largest absolute Gasteiger partial charge is 0.464 e. The van der Waals surface area contributed by atoms with Crippen molar-refractivity contribution in [3.05, 3.63) is 35.1 Å². The Hall–Kier alpha value is -1.45. The van der Waals surface area contributed by atoms with Gasteiger partial charge >= 0.3 is 5.97 Å². The Balaban J connectivity index is 2.86. The predicted octanol–water partition coefficient (Wildman–Crippen LogP) is 2.71. The van der Waals surface area contributed by atoms with Crippen molar-refractivity contribution in [1.82, 2.24) is 0 Å². The van der Waals surface area contributed by atoms with E-state index in [0.29, 0.717) is 5.56 Å². The lowest BCUT2D eigenvalue weighted by Gasteiger charge is -2.08. The average molecular weight is 214 g/mol. The lowest BCUT2D eigenvalue weighted by atomic mass is 10.1. The van der Waals surface area contributed by atoms with Gasteiger partial charge < -0.3 is 4.74 Å². The monoisotopic (exact) mass is 214 g/mol. The molecule has 0 N–H and O–H groups in total. The highest BCUT2D eigenvalue weighted by Gasteiger charge is 2.21. The third-order valence-electron chi connectivity index (χ3n) is 1.97. The minimum absolute atomic E-state index is 0.118. The first kappa shape index (κ1) is 11.6. The van der Waals surface area contributed by atoms with Gasteiger partial charge in [0, 0.05) is 0 Å². The molecule has 82 valence electrons. The molecule has 1 atom stereocenters. The number of alkyl halides is 1. The standard InChI is InChI=1S/C11H12F2O2/c1-3-15-11(14)10(13)8-4-5-9(12)7(2)6-8/h4-6,10H,3H2,1-2H3. The first-order chi connectivity index (χ1) is 7.06. The Morgan fingerprint density at radius 1 is 1.53 bits per heavy atom. The molecule has 0 aliphatic carbocycles. The molecule has 0 amide bonds. The summed E-state index contributed by atoms with van der Waals surface area (Å²) in [6, 6.07) is 3.68. The number of benzene rings is 1. The highest BCUT2D eigenvalue weighted by atomic mass is 19.1. The van der Waals surface area contributed by atoms with E-state index >= 15 is 0 Å². The minimum atomic E-state index is -1.84. The molecule has 0 aromatic heterocycles. The zero-order chi connectivity index (χ0) is 11.4. The van der Waals surface area contributed by atoms with Crippen LogP contribution in [-0.4, -0.2) is 12.6 Å². The Labute approximate surface area is 86.9 Å². The van der Waals surface area contributed by atoms with Gasteiger partial charge in [0.2, 0.25) is 6.17 Å². The van der Waals surface area contributed by atoms with Crippen LogP contribution in [0.25, 0.3) is 0 Å². The van der Waals surface area contributed by atoms with E-state index in [0.717, 1.165) is 6.07 Å². The van der Waals surface area contributed by atoms with Crippen molar-refractivity contribution in [1.29, 1.82) is 0 Å². The number of esters is 1. The molecule has 0 radical (unpaired) electrons. The van der Waals surface area contributed by atoms with E-state index in [4.69, 9.17) is 0 Å². The SMILES string of the molecule is CCOC(=O)C(F)c1ccc(F)c(C)c1. The van der Waals surface area contributed by atoms with E-state index in [1.807, 2.05) is 0 Å². The minimum Gasteiger partial charge on any atom is -0.464 e. The summed E-state index contributed by atoms with van der Waals surface area (Å²) in [7, 11) is 0. The molecule has 0 aliphatic rings. The fourth-order valence-electron chi connectivity index (χ4n) is 1.18. The summed E-state index contributed by atoms with van der Waals surface area (Å²) in [5, 5.41) is 0. The lowest BCUT2D eigenvalue weighted by molar-refractivity contribution is -0.149. The summed E-state index contributed by atoms with van der Waals surface area (Å²) in [5.41, 5.74) is 0.423. The molecule has 0 fully saturated rings. The number of ether oxygens (including phenoxy) is 1. The first-order valence-electron chi connectivity index (χ1n) is 4.63. The molecular weight excluding hydrogens is 202 g/mol. The first-order valence-corrected chi connectivity index (χ1v) is 4.63. The van der Waals surface area contributed by atoms with Crippen LogP contribution in [0.2, 0.25) is 0 Å². The van der Waals surface area contributed by atoms with E-state index in [-0.39, 0.29) is 12.2 Å². The van der Waals surface area contributed by atoms with Crippen LogP contribution in [-0.2, 0) is 9.53 Å². The Morgan fingerprint density at radius 3 is 2.73 bits per heavy atom. The van der Waals surface area contributed by atoms with E-state index < -0.39 is 18.0 Å². The summed E-state index contributed by atoms with van der Waals surface area (Å²) in [4.78, 5) is 11.0. The lowest BCUT2D eigenvalue weighted by Crippen LogP contribution is -2.12. The zero-order valence-electron chi connectivity index (χ0n) is 8.59. The number of aryl methyl sites for hydroxylation is 1. The maximum Gasteiger partial charge on any atom is 0.345 e. The molecule has 0 spiro atoms. The maximum atomic E-state index is 13.4. The third kappa shape index (κ3) is 2.75. The predicted molar refractivity (Wildman–Crippen MR) is 51.6 cm³/mol. The van der Waals surface area contributed by atoms with Gasteiger partial charge in [-0.3, -0.25) is 0 Å². The summed E-state index contributed by atoms with van der Waals surface area (Å²) in [5.74, 6) is -1.36. The van der Waals surface area contributed by atoms with Crippen molar-refractivity contribution in [2.75, 3.05) is 6.61 Å². The molecule has 0 aliphatic heterocycles. The molecule has 0 saturated heterocycles. The van der Waals surface area contributed by atoms with Gasteiger partial charge in [0.05, 0.1) is 6.61 Å². The van der Waals surface area contributed by atoms with Crippen LogP contribution < -0.4 is 0 Å². The van der Waals surface area contributed by atoms with Crippen LogP contribution in [0, 0.1) is 12.7 Å². The van der Waals surface area contributed by atoms with Gasteiger partial charge in [-0.15, -0.1) is 0 Å². The summed E-state index contributed by atoms with van der Waals surface area (Å²) in [6.45, 7) is 3.23. The number of hydrogen-bond acceptors (Lipinski definition) is 2. The van der Waals surface area contributed by atoms with Gasteiger partial charge in [-0.25, -0.2) is 13.6 Å². The van der Waals surface area contributed by atoms with Crippen LogP contribution >= 0.6 is 0 Å². The quantitative estimate of drug-likeness (QED) is 0.723. The van der Waals surface area contributed by atoms with Crippen molar-refractivity contribution >= 4 is 5.97 Å². The molecule has 1 aromatic carbocycles. The topological polar surface area (TPSA) is 26.3 Å². The molecule has 15 heavy (non-hydrogen) atoms. The normalized spacial score (nSPS) is 12.3. The zero-order valence-corrected chi connectivity index (χ0v) is 8.59. The van der Waals surface area contributed by atoms with Crippen molar-refractivity contribution < 1.29 is 18.3 Å². The maximum absolute atomic E-state index is 13.4. The second-order valence-electron chi connectivity index (χ2n) is 3.12. The second-order valence-corrected chi connectivity index (χ2v) is 3.12. The van der Waals surface area contributed by atoms with Gasteiger partial charge in [-0.05, 0) is 37.1 Å². The van der Waals surface area contributed by atoms with Gasteiger partial charge in [-0.1, -0.05) is 6.07 Å². The number of halogens is 2. The average Bonchev–Trinajstić information content (AvgIpc) is 2.21. The molecule has 0 saturated carbocycles. The number of carbonyl (C=O) groups excluding carboxylic acids is 1. The highest BCUT2D eigenvalue weighted by Crippen LogP contribution is 2.21. The number of hydrogen-bond donors (Lipinski definition) is 0. The summed E-state index contributed by atoms with van der Waals surface area (Å²) in [6.07, 6.45) is -1.84. The van der Waals surface area contributed by atoms with Crippen molar-refractivity contribution in [3.8, 4) is 0 Å². The summed E-state index contributed by atoms with van der Waals surface area (Å²) < 4.78 is 30.8. The van der Waals surface area contributed by atoms with Crippen molar-refractivity contribution in [2.45, 2.75) is 20.0 Å². The number of carbonyl (C=O) groups is 1. The molecule has 1 unspecified atom stereocenters. The molecule has 4 heteroatoms. The van der Waals surface area contributed by atoms with E-state index in [1.54, 1.807) is 6.92 Å². The third-order valence-corrected chi connectivity index (χ3v) is 1.97. The molecule has 1 aromatic rings. The van der Waals surface area contributed by atoms with Crippen LogP contribution in [0.1, 0.15) is 24.2 Å². The van der Waals surface area contributed by atoms with Crippen molar-refractivity contribution in [2.24, 2.45) is 0 Å². The van der Waals surface area contributed by atoms with E-state index in [1.165, 1.54) is 19.1 Å². The van der Waals surface area contributed by atoms with Crippen LogP contribution in [0.4, 0.5) is 8.78 Å². The van der Waals surface area contributed by atoms with Crippen LogP contribution in [0.3, 0.4) is 0 Å². The van der Waals surface area contributed by atoms with Crippen LogP contribution in [0.15, 0.2) is 18.2 Å². The smallest absolute Gasteiger partial charge is 0.345 e. The van der Waals surface area contributed by atoms with Gasteiger partial charge in [0.15, 0.2) is 0 Å². The van der Waals surface area contributed by atoms with Gasteiger partial charge in [-0.2, -0.15) is 0 Å². The Kier molecular flexibility index (Phi) is 3.77. The molecule has 2 nitrogen and oxygen atoms in total. The molecule has 0 heterocycles. The van der Waals surface area contributed by atoms with Crippen LogP contribution in [0.5, 0.6) is 0 Å². The van der Waals surface area contributed by atoms with Crippen molar-refractivity contribution in [3.63, 3.8) is 0 Å². The Morgan fingerprint density at radius 2 is 2.20 bits per heavy atom. The summed E-state index contributed by atoms with van der Waals surface area (Å²) >= 11 is 0. The molecule has 1 rings (SSSR count). The fourth-order valence-corrected chi connectivity index (χ4v) is 1.18. The van der Waals surface area contributed by atoms with E-state index in [2.05, 4.69) is 4.74 Å². The number of rotatable bonds is 3. The van der Waals surface area contributed by atoms with Gasteiger partial charge in [0.1, 0.15) is 5.82 Å². The van der Waals surface area contributed by atoms with Gasteiger partial charge in [0.25, 0.3) is 0 Å². The highest BCUT2D eigenvalue weighted by molar-refractivity contribution is 5.76. The Bertz CT molecular complexity index is 364. The fraction of sp³-hybridized carbons (Fsp3) is 0.364. The van der Waals surface area contributed by atoms with E-state index in [9.17, 15) is 13.6 Å². The molecule has 0 bridgehead atoms. The molecular formula is C11H12F2O2. The second kappa shape index (κ2) is 4.87.